The maximum atomic E-state index is 12.7. The topological polar surface area (TPSA) is 79.4 Å². The summed E-state index contributed by atoms with van der Waals surface area (Å²) in [5.41, 5.74) is 0. The van der Waals surface area contributed by atoms with E-state index in [1.165, 1.54) is 30.9 Å². The van der Waals surface area contributed by atoms with Crippen LogP contribution in [0.1, 0.15) is 0 Å². The highest BCUT2D eigenvalue weighted by Gasteiger charge is 2.46. The van der Waals surface area contributed by atoms with Gasteiger partial charge in [-0.05, 0) is 7.05 Å². The minimum Gasteiger partial charge on any atom is -0.467 e. The fraction of sp³-hybridized carbons (Fsp3) is 0.786. The van der Waals surface area contributed by atoms with Crippen LogP contribution in [0.2, 0.25) is 0 Å². The molecule has 0 aliphatic carbocycles. The van der Waals surface area contributed by atoms with Crippen LogP contribution >= 0.6 is 11.8 Å². The van der Waals surface area contributed by atoms with Crippen LogP contribution in [-0.4, -0.2) is 104 Å². The minimum absolute atomic E-state index is 0.190. The van der Waals surface area contributed by atoms with Crippen LogP contribution in [0.4, 0.5) is 0 Å². The number of nitrogens with zero attached hydrogens (tertiary/aromatic N) is 3. The van der Waals surface area contributed by atoms with E-state index in [1.54, 1.807) is 0 Å². The predicted octanol–water partition coefficient (Wildman–Crippen LogP) is -1.15. The van der Waals surface area contributed by atoms with Gasteiger partial charge in [-0.1, -0.05) is 0 Å². The molecule has 0 aromatic carbocycles. The zero-order valence-electron chi connectivity index (χ0n) is 13.7. The number of amides is 1. The highest BCUT2D eigenvalue weighted by Crippen LogP contribution is 2.30. The summed E-state index contributed by atoms with van der Waals surface area (Å²) in [6, 6.07) is -0.742. The average Bonchev–Trinajstić information content (AvgIpc) is 3.00. The molecular weight excluding hydrogens is 322 g/mol. The lowest BCUT2D eigenvalue weighted by Gasteiger charge is -2.34. The molecule has 2 atom stereocenters. The van der Waals surface area contributed by atoms with Crippen molar-refractivity contribution in [1.29, 1.82) is 0 Å². The number of hydrogen-bond acceptors (Lipinski definition) is 8. The lowest BCUT2D eigenvalue weighted by molar-refractivity contribution is -0.157. The van der Waals surface area contributed by atoms with Gasteiger partial charge in [-0.25, -0.2) is 9.59 Å². The maximum absolute atomic E-state index is 12.7. The Kier molecular flexibility index (Phi) is 6.25. The lowest BCUT2D eigenvalue weighted by atomic mass is 10.2. The first kappa shape index (κ1) is 18.0. The summed E-state index contributed by atoms with van der Waals surface area (Å²) in [7, 11) is 4.59. The first-order valence-electron chi connectivity index (χ1n) is 7.47. The number of likely N-dealkylation sites (N-methyl/N-ethyl adjacent to an activating group) is 1. The molecule has 0 spiro atoms. The van der Waals surface area contributed by atoms with Crippen molar-refractivity contribution in [1.82, 2.24) is 14.7 Å². The Labute approximate surface area is 140 Å². The average molecular weight is 345 g/mol. The number of carbonyl (C=O) groups excluding carboxylic acids is 3. The maximum Gasteiger partial charge on any atom is 0.339 e. The van der Waals surface area contributed by atoms with Gasteiger partial charge in [-0.2, -0.15) is 0 Å². The summed E-state index contributed by atoms with van der Waals surface area (Å²) in [5, 5.41) is -0.788. The van der Waals surface area contributed by atoms with E-state index in [4.69, 9.17) is 9.47 Å². The molecule has 0 saturated carbocycles. The molecule has 0 radical (unpaired) electrons. The fourth-order valence-corrected chi connectivity index (χ4v) is 4.01. The van der Waals surface area contributed by atoms with Gasteiger partial charge in [0.1, 0.15) is 6.04 Å². The molecule has 1 amide bonds. The smallest absolute Gasteiger partial charge is 0.339 e. The van der Waals surface area contributed by atoms with E-state index in [2.05, 4.69) is 4.90 Å². The number of piperazine rings is 1. The Morgan fingerprint density at radius 1 is 1.04 bits per heavy atom. The Balaban J connectivity index is 2.07. The Morgan fingerprint density at radius 3 is 2.22 bits per heavy atom. The van der Waals surface area contributed by atoms with Gasteiger partial charge in [-0.15, -0.1) is 11.8 Å². The molecule has 0 aromatic rings. The van der Waals surface area contributed by atoms with Crippen LogP contribution < -0.4 is 0 Å². The van der Waals surface area contributed by atoms with Crippen molar-refractivity contribution in [2.45, 2.75) is 11.4 Å². The van der Waals surface area contributed by atoms with E-state index < -0.39 is 23.4 Å². The molecule has 0 N–H and O–H groups in total. The van der Waals surface area contributed by atoms with Gasteiger partial charge in [0, 0.05) is 31.9 Å². The van der Waals surface area contributed by atoms with Gasteiger partial charge in [0.25, 0.3) is 0 Å². The molecule has 9 heteroatoms. The van der Waals surface area contributed by atoms with Crippen molar-refractivity contribution in [3.63, 3.8) is 0 Å². The van der Waals surface area contributed by atoms with Crippen LogP contribution in [0.5, 0.6) is 0 Å². The number of methoxy groups -OCH3 is 2. The number of esters is 2. The second kappa shape index (κ2) is 7.98. The highest BCUT2D eigenvalue weighted by molar-refractivity contribution is 8.00. The van der Waals surface area contributed by atoms with Crippen LogP contribution in [0.3, 0.4) is 0 Å². The van der Waals surface area contributed by atoms with E-state index in [9.17, 15) is 14.4 Å². The molecule has 0 unspecified atom stereocenters. The van der Waals surface area contributed by atoms with Gasteiger partial charge in [-0.3, -0.25) is 9.69 Å². The third-order valence-electron chi connectivity index (χ3n) is 4.12. The van der Waals surface area contributed by atoms with E-state index >= 15 is 0 Å². The van der Waals surface area contributed by atoms with Gasteiger partial charge in [0.2, 0.25) is 5.91 Å². The molecule has 8 nitrogen and oxygen atoms in total. The summed E-state index contributed by atoms with van der Waals surface area (Å²) < 4.78 is 9.52. The van der Waals surface area contributed by atoms with Gasteiger partial charge in [0.15, 0.2) is 5.37 Å². The lowest BCUT2D eigenvalue weighted by Crippen LogP contribution is -2.54. The summed E-state index contributed by atoms with van der Waals surface area (Å²) in [6.07, 6.45) is 0. The molecule has 2 aliphatic heterocycles. The Hall–Kier alpha value is -1.32. The summed E-state index contributed by atoms with van der Waals surface area (Å²) in [5.74, 6) is -0.935. The molecule has 2 heterocycles. The quantitative estimate of drug-likeness (QED) is 0.591. The largest absolute Gasteiger partial charge is 0.467 e. The first-order chi connectivity index (χ1) is 11.0. The molecule has 2 rings (SSSR count). The predicted molar refractivity (Wildman–Crippen MR) is 84.8 cm³/mol. The number of hydrogen-bond donors (Lipinski definition) is 0. The second-order valence-electron chi connectivity index (χ2n) is 5.63. The van der Waals surface area contributed by atoms with Crippen LogP contribution in [0, 0.1) is 0 Å². The van der Waals surface area contributed by atoms with Crippen LogP contribution in [0.25, 0.3) is 0 Å². The van der Waals surface area contributed by atoms with Gasteiger partial charge >= 0.3 is 11.9 Å². The molecule has 2 aliphatic rings. The number of thioether (sulfide) groups is 1. The van der Waals surface area contributed by atoms with Crippen LogP contribution in [0.15, 0.2) is 0 Å². The minimum atomic E-state index is -0.788. The zero-order chi connectivity index (χ0) is 17.0. The highest BCUT2D eigenvalue weighted by atomic mass is 32.2. The fourth-order valence-electron chi connectivity index (χ4n) is 2.69. The Morgan fingerprint density at radius 2 is 1.65 bits per heavy atom. The zero-order valence-corrected chi connectivity index (χ0v) is 14.5. The van der Waals surface area contributed by atoms with Gasteiger partial charge in [0.05, 0.1) is 20.8 Å². The van der Waals surface area contributed by atoms with Crippen molar-refractivity contribution >= 4 is 29.6 Å². The SMILES string of the molecule is COC(=O)[C@H]1SC[C@@H](C(=O)OC)N1C(=O)CN1CCN(C)CC1. The molecule has 2 saturated heterocycles. The number of ether oxygens (including phenoxy) is 2. The Bertz CT molecular complexity index is 443. The van der Waals surface area contributed by atoms with Crippen molar-refractivity contribution in [3.8, 4) is 0 Å². The molecule has 23 heavy (non-hydrogen) atoms. The van der Waals surface area contributed by atoms with E-state index in [1.807, 2.05) is 11.9 Å². The number of rotatable bonds is 4. The monoisotopic (exact) mass is 345 g/mol. The van der Waals surface area contributed by atoms with Crippen molar-refractivity contribution in [2.24, 2.45) is 0 Å². The molecular formula is C14H23N3O5S. The first-order valence-corrected chi connectivity index (χ1v) is 8.52. The van der Waals surface area contributed by atoms with Crippen molar-refractivity contribution in [3.05, 3.63) is 0 Å². The molecule has 0 aromatic heterocycles. The van der Waals surface area contributed by atoms with Crippen molar-refractivity contribution < 1.29 is 23.9 Å². The summed E-state index contributed by atoms with van der Waals surface area (Å²) >= 11 is 1.23. The van der Waals surface area contributed by atoms with Crippen LogP contribution in [-0.2, 0) is 23.9 Å². The second-order valence-corrected chi connectivity index (χ2v) is 6.74. The molecule has 0 bridgehead atoms. The van der Waals surface area contributed by atoms with E-state index in [0.29, 0.717) is 5.75 Å². The third-order valence-corrected chi connectivity index (χ3v) is 5.36. The summed E-state index contributed by atoms with van der Waals surface area (Å²) in [6.45, 7) is 3.55. The third kappa shape index (κ3) is 4.15. The molecule has 2 fully saturated rings. The van der Waals surface area contributed by atoms with E-state index in [-0.39, 0.29) is 12.5 Å². The normalized spacial score (nSPS) is 26.1. The van der Waals surface area contributed by atoms with E-state index in [0.717, 1.165) is 26.2 Å². The molecule has 130 valence electrons. The standard InChI is InChI=1S/C14H23N3O5S/c1-15-4-6-16(7-5-15)8-11(18)17-10(13(19)21-2)9-23-12(17)14(20)22-3/h10,12H,4-9H2,1-3H3/t10-,12+/m0/s1. The van der Waals surface area contributed by atoms with Crippen molar-refractivity contribution in [2.75, 3.05) is 59.7 Å². The van der Waals surface area contributed by atoms with Gasteiger partial charge < -0.3 is 19.3 Å². The number of carbonyl (C=O) groups is 3. The summed E-state index contributed by atoms with van der Waals surface area (Å²) in [4.78, 5) is 42.1.